The van der Waals surface area contributed by atoms with Crippen LogP contribution in [-0.2, 0) is 32.7 Å². The number of rotatable bonds is 45. The molecule has 0 bridgehead atoms. The molecule has 9 nitrogen and oxygen atoms in total. The van der Waals surface area contributed by atoms with Crippen molar-refractivity contribution in [2.75, 3.05) is 47.5 Å². The van der Waals surface area contributed by atoms with Gasteiger partial charge in [-0.3, -0.25) is 14.2 Å². The summed E-state index contributed by atoms with van der Waals surface area (Å²) in [6, 6.07) is 0. The van der Waals surface area contributed by atoms with Crippen molar-refractivity contribution in [3.05, 3.63) is 60.8 Å². The van der Waals surface area contributed by atoms with Crippen LogP contribution in [0.25, 0.3) is 0 Å². The summed E-state index contributed by atoms with van der Waals surface area (Å²) in [6.45, 7) is 4.13. The molecule has 0 aliphatic heterocycles. The zero-order valence-electron chi connectivity index (χ0n) is 40.6. The minimum absolute atomic E-state index is 0.0393. The minimum atomic E-state index is -4.64. The van der Waals surface area contributed by atoms with Crippen molar-refractivity contribution in [1.29, 1.82) is 0 Å². The molecular formula is C52H94NO8P. The lowest BCUT2D eigenvalue weighted by atomic mass is 10.0. The van der Waals surface area contributed by atoms with E-state index >= 15 is 0 Å². The molecule has 0 radical (unpaired) electrons. The number of phosphoric ester groups is 1. The Labute approximate surface area is 381 Å². The molecular weight excluding hydrogens is 798 g/mol. The average molecular weight is 892 g/mol. The highest BCUT2D eigenvalue weighted by Crippen LogP contribution is 2.38. The highest BCUT2D eigenvalue weighted by Gasteiger charge is 2.21. The van der Waals surface area contributed by atoms with Gasteiger partial charge in [-0.1, -0.05) is 177 Å². The number of esters is 2. The Hall–Kier alpha value is -2.29. The van der Waals surface area contributed by atoms with Crippen LogP contribution in [-0.4, -0.2) is 70.0 Å². The average Bonchev–Trinajstić information content (AvgIpc) is 3.23. The van der Waals surface area contributed by atoms with E-state index in [1.165, 1.54) is 109 Å². The molecule has 0 aromatic carbocycles. The number of carbonyl (C=O) groups excluding carboxylic acids is 2. The third kappa shape index (κ3) is 47.2. The number of unbranched alkanes of at least 4 members (excludes halogenated alkanes) is 21. The Morgan fingerprint density at radius 2 is 0.903 bits per heavy atom. The van der Waals surface area contributed by atoms with Crippen LogP contribution in [0.5, 0.6) is 0 Å². The van der Waals surface area contributed by atoms with Gasteiger partial charge in [-0.05, 0) is 77.0 Å². The molecule has 2 atom stereocenters. The number of hydrogen-bond donors (Lipinski definition) is 0. The van der Waals surface area contributed by atoms with Crippen molar-refractivity contribution in [1.82, 2.24) is 0 Å². The van der Waals surface area contributed by atoms with Gasteiger partial charge in [0.15, 0.2) is 6.10 Å². The summed E-state index contributed by atoms with van der Waals surface area (Å²) in [4.78, 5) is 37.7. The topological polar surface area (TPSA) is 111 Å². The molecule has 0 N–H and O–H groups in total. The van der Waals surface area contributed by atoms with Crippen LogP contribution in [0.15, 0.2) is 60.8 Å². The number of ether oxygens (including phenoxy) is 2. The summed E-state index contributed by atoms with van der Waals surface area (Å²) in [5.74, 6) is -0.870. The lowest BCUT2D eigenvalue weighted by molar-refractivity contribution is -0.870. The van der Waals surface area contributed by atoms with Gasteiger partial charge in [-0.15, -0.1) is 0 Å². The van der Waals surface area contributed by atoms with Crippen molar-refractivity contribution < 1.29 is 42.1 Å². The maximum atomic E-state index is 12.7. The number of quaternary nitrogens is 1. The van der Waals surface area contributed by atoms with E-state index in [0.717, 1.165) is 64.2 Å². The summed E-state index contributed by atoms with van der Waals surface area (Å²) in [5, 5.41) is 0. The first-order valence-corrected chi connectivity index (χ1v) is 26.5. The van der Waals surface area contributed by atoms with Gasteiger partial charge >= 0.3 is 11.9 Å². The van der Waals surface area contributed by atoms with Crippen LogP contribution in [0.3, 0.4) is 0 Å². The van der Waals surface area contributed by atoms with E-state index in [1.807, 2.05) is 21.1 Å². The van der Waals surface area contributed by atoms with Crippen LogP contribution < -0.4 is 4.89 Å². The van der Waals surface area contributed by atoms with E-state index in [4.69, 9.17) is 18.5 Å². The van der Waals surface area contributed by atoms with Gasteiger partial charge < -0.3 is 27.9 Å². The fourth-order valence-corrected chi connectivity index (χ4v) is 7.31. The number of nitrogens with zero attached hydrogens (tertiary/aromatic N) is 1. The monoisotopic (exact) mass is 892 g/mol. The van der Waals surface area contributed by atoms with Gasteiger partial charge in [0, 0.05) is 12.8 Å². The first-order valence-electron chi connectivity index (χ1n) is 25.0. The predicted octanol–water partition coefficient (Wildman–Crippen LogP) is 14.2. The maximum absolute atomic E-state index is 12.7. The Kier molecular flexibility index (Phi) is 42.3. The molecule has 0 aliphatic carbocycles. The quantitative estimate of drug-likeness (QED) is 0.0195. The smallest absolute Gasteiger partial charge is 0.306 e. The molecule has 0 fully saturated rings. The Morgan fingerprint density at radius 3 is 1.39 bits per heavy atom. The molecule has 0 rings (SSSR count). The van der Waals surface area contributed by atoms with Crippen LogP contribution in [0.1, 0.15) is 206 Å². The van der Waals surface area contributed by atoms with Crippen LogP contribution >= 0.6 is 7.82 Å². The summed E-state index contributed by atoms with van der Waals surface area (Å²) in [7, 11) is 1.14. The molecule has 0 spiro atoms. The van der Waals surface area contributed by atoms with Crippen molar-refractivity contribution in [2.45, 2.75) is 213 Å². The Bertz CT molecular complexity index is 1240. The van der Waals surface area contributed by atoms with Crippen LogP contribution in [0, 0.1) is 0 Å². The number of likely N-dealkylation sites (N-methyl/N-ethyl adjacent to an activating group) is 1. The summed E-state index contributed by atoms with van der Waals surface area (Å²) in [5.41, 5.74) is 0. The Balaban J connectivity index is 4.30. The molecule has 0 heterocycles. The molecule has 10 heteroatoms. The summed E-state index contributed by atoms with van der Waals surface area (Å²) >= 11 is 0. The summed E-state index contributed by atoms with van der Waals surface area (Å²) in [6.07, 6.45) is 53.9. The molecule has 0 aromatic rings. The van der Waals surface area contributed by atoms with Gasteiger partial charge in [0.1, 0.15) is 19.8 Å². The predicted molar refractivity (Wildman–Crippen MR) is 259 cm³/mol. The third-order valence-electron chi connectivity index (χ3n) is 10.5. The second-order valence-electron chi connectivity index (χ2n) is 17.8. The SMILES string of the molecule is CCC/C=C/C/C=C/C/C=C/C/C=C/CCCCCC(=O)O[C@H](COC(=O)CCCCCCCCCCCCC/C=C/CCCCCCCC)COP(=O)([O-])OCC[N+](C)(C)C. The van der Waals surface area contributed by atoms with E-state index in [2.05, 4.69) is 74.6 Å². The summed E-state index contributed by atoms with van der Waals surface area (Å²) < 4.78 is 34.0. The largest absolute Gasteiger partial charge is 0.756 e. The highest BCUT2D eigenvalue weighted by atomic mass is 31.2. The highest BCUT2D eigenvalue weighted by molar-refractivity contribution is 7.45. The molecule has 1 unspecified atom stereocenters. The zero-order valence-corrected chi connectivity index (χ0v) is 41.4. The lowest BCUT2D eigenvalue weighted by Crippen LogP contribution is -2.37. The zero-order chi connectivity index (χ0) is 45.7. The van der Waals surface area contributed by atoms with Crippen LogP contribution in [0.4, 0.5) is 0 Å². The minimum Gasteiger partial charge on any atom is -0.756 e. The molecule has 0 aromatic heterocycles. The van der Waals surface area contributed by atoms with Crippen molar-refractivity contribution in [3.63, 3.8) is 0 Å². The molecule has 0 saturated heterocycles. The fourth-order valence-electron chi connectivity index (χ4n) is 6.58. The first kappa shape index (κ1) is 59.7. The second-order valence-corrected chi connectivity index (χ2v) is 19.2. The van der Waals surface area contributed by atoms with Gasteiger partial charge in [-0.2, -0.15) is 0 Å². The van der Waals surface area contributed by atoms with E-state index in [0.29, 0.717) is 17.4 Å². The maximum Gasteiger partial charge on any atom is 0.306 e. The normalized spacial score (nSPS) is 14.0. The number of hydrogen-bond acceptors (Lipinski definition) is 8. The standard InChI is InChI=1S/C52H94NO8P/c1-6-8-10-12-14-16-18-20-22-24-25-26-27-29-30-32-34-36-38-40-42-44-51(54)58-48-50(49-60-62(56,57)59-47-46-53(3,4)5)61-52(55)45-43-41-39-37-35-33-31-28-23-21-19-17-15-13-11-9-7-2/h11,13,17,19-20,22-23,28,33,35,50H,6-10,12,14-16,18,21,24-27,29-32,34,36-49H2,1-5H3/b13-11+,19-17+,22-20+,28-23+,35-33+/t50-/m1/s1. The number of carbonyl (C=O) groups is 2. The molecule has 0 aliphatic rings. The van der Waals surface area contributed by atoms with Gasteiger partial charge in [0.05, 0.1) is 27.7 Å². The van der Waals surface area contributed by atoms with E-state index in [1.54, 1.807) is 0 Å². The Morgan fingerprint density at radius 1 is 0.500 bits per heavy atom. The van der Waals surface area contributed by atoms with E-state index in [9.17, 15) is 19.0 Å². The second kappa shape index (κ2) is 43.9. The van der Waals surface area contributed by atoms with E-state index in [-0.39, 0.29) is 26.1 Å². The van der Waals surface area contributed by atoms with Crippen molar-refractivity contribution in [2.24, 2.45) is 0 Å². The first-order chi connectivity index (χ1) is 30.0. The molecule has 360 valence electrons. The molecule has 0 saturated carbocycles. The fraction of sp³-hybridized carbons (Fsp3) is 0.769. The molecule has 62 heavy (non-hydrogen) atoms. The lowest BCUT2D eigenvalue weighted by Gasteiger charge is -2.28. The van der Waals surface area contributed by atoms with Gasteiger partial charge in [0.25, 0.3) is 7.82 Å². The van der Waals surface area contributed by atoms with Gasteiger partial charge in [-0.25, -0.2) is 0 Å². The number of phosphoric acid groups is 1. The third-order valence-corrected chi connectivity index (χ3v) is 11.5. The van der Waals surface area contributed by atoms with Crippen molar-refractivity contribution in [3.8, 4) is 0 Å². The number of allylic oxidation sites excluding steroid dienone is 10. The van der Waals surface area contributed by atoms with E-state index < -0.39 is 32.5 Å². The molecule has 0 amide bonds. The van der Waals surface area contributed by atoms with Crippen molar-refractivity contribution >= 4 is 19.8 Å². The van der Waals surface area contributed by atoms with Crippen LogP contribution in [0.2, 0.25) is 0 Å². The van der Waals surface area contributed by atoms with Gasteiger partial charge in [0.2, 0.25) is 0 Å².